The first kappa shape index (κ1) is 22.9. The topological polar surface area (TPSA) is 136 Å². The van der Waals surface area contributed by atoms with Gasteiger partial charge in [0.25, 0.3) is 11.5 Å². The molecule has 0 saturated carbocycles. The third kappa shape index (κ3) is 3.59. The Morgan fingerprint density at radius 3 is 2.31 bits per heavy atom. The van der Waals surface area contributed by atoms with E-state index < -0.39 is 52.4 Å². The fourth-order valence-corrected chi connectivity index (χ4v) is 3.80. The number of nitrogens with one attached hydrogen (secondary N) is 1. The Kier molecular flexibility index (Phi) is 6.02. The van der Waals surface area contributed by atoms with E-state index in [1.807, 2.05) is 6.92 Å². The molecule has 11 heteroatoms. The second kappa shape index (κ2) is 8.40. The Labute approximate surface area is 182 Å². The van der Waals surface area contributed by atoms with Crippen LogP contribution in [0.1, 0.15) is 42.1 Å². The standard InChI is InChI=1S/C21H24FN5O5/c1-4-5-10-21(12-6-8-13(22)9-7-12)18(30)27(19(31)24-21)11-14(28)15-16(23)25(2)20(32)26(3)17(15)29/h6-9H,4-5,10-11,23H2,1-3H3,(H,24,31). The highest BCUT2D eigenvalue weighted by Crippen LogP contribution is 2.34. The second-order valence-corrected chi connectivity index (χ2v) is 7.73. The van der Waals surface area contributed by atoms with E-state index in [1.165, 1.54) is 38.4 Å². The molecule has 3 N–H and O–H groups in total. The summed E-state index contributed by atoms with van der Waals surface area (Å²) >= 11 is 0. The van der Waals surface area contributed by atoms with Gasteiger partial charge in [0.15, 0.2) is 5.78 Å². The minimum absolute atomic E-state index is 0.244. The number of nitrogen functional groups attached to an aromatic ring is 1. The highest BCUT2D eigenvalue weighted by molar-refractivity contribution is 6.12. The van der Waals surface area contributed by atoms with Crippen molar-refractivity contribution >= 4 is 23.5 Å². The average Bonchev–Trinajstić information content (AvgIpc) is 3.00. The van der Waals surface area contributed by atoms with Crippen molar-refractivity contribution in [3.05, 3.63) is 62.0 Å². The molecule has 3 rings (SSSR count). The van der Waals surface area contributed by atoms with Crippen LogP contribution in [0.15, 0.2) is 33.9 Å². The number of urea groups is 1. The number of carbonyl (C=O) groups excluding carboxylic acids is 3. The molecular weight excluding hydrogens is 421 g/mol. The van der Waals surface area contributed by atoms with E-state index in [-0.39, 0.29) is 12.2 Å². The number of nitrogens with zero attached hydrogens (tertiary/aromatic N) is 3. The number of hydrogen-bond donors (Lipinski definition) is 2. The summed E-state index contributed by atoms with van der Waals surface area (Å²) in [6.45, 7) is 1.18. The Balaban J connectivity index is 2.00. The van der Waals surface area contributed by atoms with Crippen molar-refractivity contribution in [2.75, 3.05) is 12.3 Å². The maximum atomic E-state index is 13.4. The fourth-order valence-electron chi connectivity index (χ4n) is 3.80. The van der Waals surface area contributed by atoms with Crippen LogP contribution < -0.4 is 22.3 Å². The zero-order valence-corrected chi connectivity index (χ0v) is 18.0. The maximum Gasteiger partial charge on any atom is 0.332 e. The molecule has 1 aliphatic heterocycles. The Morgan fingerprint density at radius 1 is 1.09 bits per heavy atom. The van der Waals surface area contributed by atoms with E-state index >= 15 is 0 Å². The first-order valence-electron chi connectivity index (χ1n) is 10.0. The van der Waals surface area contributed by atoms with Crippen LogP contribution in [-0.4, -0.2) is 38.3 Å². The molecule has 2 aromatic rings. The zero-order valence-electron chi connectivity index (χ0n) is 18.0. The summed E-state index contributed by atoms with van der Waals surface area (Å²) in [6.07, 6.45) is 1.56. The van der Waals surface area contributed by atoms with Crippen LogP contribution in [0.5, 0.6) is 0 Å². The molecule has 10 nitrogen and oxygen atoms in total. The van der Waals surface area contributed by atoms with Gasteiger partial charge in [0.1, 0.15) is 22.7 Å². The summed E-state index contributed by atoms with van der Waals surface area (Å²) in [4.78, 5) is 64.2. The van der Waals surface area contributed by atoms with Crippen LogP contribution >= 0.6 is 0 Å². The van der Waals surface area contributed by atoms with Gasteiger partial charge in [-0.25, -0.2) is 14.0 Å². The van der Waals surface area contributed by atoms with Crippen LogP contribution in [0.4, 0.5) is 15.0 Å². The molecular formula is C21H24FN5O5. The average molecular weight is 445 g/mol. The van der Waals surface area contributed by atoms with Crippen LogP contribution in [0.3, 0.4) is 0 Å². The first-order chi connectivity index (χ1) is 15.0. The third-order valence-corrected chi connectivity index (χ3v) is 5.71. The van der Waals surface area contributed by atoms with Crippen LogP contribution in [0.25, 0.3) is 0 Å². The smallest absolute Gasteiger partial charge is 0.332 e. The summed E-state index contributed by atoms with van der Waals surface area (Å²) in [6, 6.07) is 4.38. The van der Waals surface area contributed by atoms with Gasteiger partial charge in [-0.05, 0) is 24.1 Å². The molecule has 1 fully saturated rings. The number of amides is 3. The van der Waals surface area contributed by atoms with Gasteiger partial charge in [-0.1, -0.05) is 31.9 Å². The summed E-state index contributed by atoms with van der Waals surface area (Å²) < 4.78 is 15.1. The van der Waals surface area contributed by atoms with E-state index in [4.69, 9.17) is 5.73 Å². The van der Waals surface area contributed by atoms with Gasteiger partial charge in [-0.3, -0.25) is 28.4 Å². The summed E-state index contributed by atoms with van der Waals surface area (Å²) in [5.74, 6) is -2.42. The SMILES string of the molecule is CCCCC1(c2ccc(F)cc2)NC(=O)N(CC(=O)c2c(N)n(C)c(=O)n(C)c2=O)C1=O. The van der Waals surface area contributed by atoms with Crippen molar-refractivity contribution in [1.29, 1.82) is 0 Å². The number of ketones is 1. The van der Waals surface area contributed by atoms with Gasteiger partial charge in [0.2, 0.25) is 0 Å². The van der Waals surface area contributed by atoms with Crippen LogP contribution in [0, 0.1) is 5.82 Å². The van der Waals surface area contributed by atoms with Crippen molar-refractivity contribution in [2.24, 2.45) is 14.1 Å². The van der Waals surface area contributed by atoms with Gasteiger partial charge >= 0.3 is 11.7 Å². The molecule has 0 radical (unpaired) electrons. The molecule has 0 aliphatic carbocycles. The Hall–Kier alpha value is -3.76. The maximum absolute atomic E-state index is 13.4. The van der Waals surface area contributed by atoms with Gasteiger partial charge in [-0.15, -0.1) is 0 Å². The molecule has 1 unspecified atom stereocenters. The molecule has 170 valence electrons. The minimum Gasteiger partial charge on any atom is -0.384 e. The lowest BCUT2D eigenvalue weighted by Gasteiger charge is -2.27. The highest BCUT2D eigenvalue weighted by atomic mass is 19.1. The van der Waals surface area contributed by atoms with Crippen molar-refractivity contribution in [3.63, 3.8) is 0 Å². The number of anilines is 1. The summed E-state index contributed by atoms with van der Waals surface area (Å²) in [5.41, 5.74) is 2.63. The van der Waals surface area contributed by atoms with Crippen LogP contribution in [-0.2, 0) is 24.4 Å². The molecule has 1 aromatic heterocycles. The van der Waals surface area contributed by atoms with E-state index in [1.54, 1.807) is 0 Å². The number of rotatable bonds is 7. The molecule has 0 bridgehead atoms. The molecule has 0 spiro atoms. The Bertz CT molecular complexity index is 1220. The number of Topliss-reactive ketones (excluding diaryl/α,β-unsaturated/α-hetero) is 1. The van der Waals surface area contributed by atoms with E-state index in [9.17, 15) is 28.4 Å². The molecule has 1 saturated heterocycles. The third-order valence-electron chi connectivity index (χ3n) is 5.71. The number of unbranched alkanes of at least 4 members (excludes halogenated alkanes) is 1. The first-order valence-corrected chi connectivity index (χ1v) is 10.0. The number of nitrogens with two attached hydrogens (primary N) is 1. The molecule has 1 atom stereocenters. The quantitative estimate of drug-likeness (QED) is 0.474. The monoisotopic (exact) mass is 445 g/mol. The van der Waals surface area contributed by atoms with E-state index in [2.05, 4.69) is 5.32 Å². The minimum atomic E-state index is -1.46. The lowest BCUT2D eigenvalue weighted by Crippen LogP contribution is -2.45. The van der Waals surface area contributed by atoms with Crippen molar-refractivity contribution in [3.8, 4) is 0 Å². The van der Waals surface area contributed by atoms with Crippen LogP contribution in [0.2, 0.25) is 0 Å². The van der Waals surface area contributed by atoms with Gasteiger partial charge in [-0.2, -0.15) is 0 Å². The highest BCUT2D eigenvalue weighted by Gasteiger charge is 2.52. The Morgan fingerprint density at radius 2 is 1.72 bits per heavy atom. The molecule has 2 heterocycles. The summed E-state index contributed by atoms with van der Waals surface area (Å²) in [5, 5.41) is 2.65. The fraction of sp³-hybridized carbons (Fsp3) is 0.381. The number of hydrogen-bond acceptors (Lipinski definition) is 6. The largest absolute Gasteiger partial charge is 0.384 e. The number of carbonyl (C=O) groups is 3. The zero-order chi connectivity index (χ0) is 23.8. The number of aromatic nitrogens is 2. The lowest BCUT2D eigenvalue weighted by molar-refractivity contribution is -0.131. The summed E-state index contributed by atoms with van der Waals surface area (Å²) in [7, 11) is 2.49. The molecule has 32 heavy (non-hydrogen) atoms. The molecule has 3 amide bonds. The lowest BCUT2D eigenvalue weighted by atomic mass is 9.84. The normalized spacial score (nSPS) is 18.2. The van der Waals surface area contributed by atoms with Crippen molar-refractivity contribution in [2.45, 2.75) is 31.7 Å². The van der Waals surface area contributed by atoms with Gasteiger partial charge < -0.3 is 11.1 Å². The molecule has 1 aliphatic rings. The number of imide groups is 1. The van der Waals surface area contributed by atoms with E-state index in [0.29, 0.717) is 16.9 Å². The number of benzene rings is 1. The number of halogens is 1. The predicted octanol–water partition coefficient (Wildman–Crippen LogP) is 0.626. The predicted molar refractivity (Wildman–Crippen MR) is 114 cm³/mol. The van der Waals surface area contributed by atoms with E-state index in [0.717, 1.165) is 15.6 Å². The van der Waals surface area contributed by atoms with Gasteiger partial charge in [0.05, 0.1) is 6.54 Å². The molecule has 1 aromatic carbocycles. The van der Waals surface area contributed by atoms with Gasteiger partial charge in [0, 0.05) is 14.1 Å². The van der Waals surface area contributed by atoms with Crippen molar-refractivity contribution in [1.82, 2.24) is 19.4 Å². The second-order valence-electron chi connectivity index (χ2n) is 7.73. The van der Waals surface area contributed by atoms with Crippen molar-refractivity contribution < 1.29 is 18.8 Å².